The molecule has 0 aromatic heterocycles. The molecule has 1 unspecified atom stereocenters. The van der Waals surface area contributed by atoms with Gasteiger partial charge in [-0.15, -0.1) is 0 Å². The Morgan fingerprint density at radius 1 is 0.893 bits per heavy atom. The van der Waals surface area contributed by atoms with Gasteiger partial charge in [0.25, 0.3) is 0 Å². The number of halogens is 2. The van der Waals surface area contributed by atoms with Gasteiger partial charge in [0.05, 0.1) is 6.61 Å². The van der Waals surface area contributed by atoms with Crippen LogP contribution in [0.1, 0.15) is 42.0 Å². The van der Waals surface area contributed by atoms with E-state index >= 15 is 0 Å². The van der Waals surface area contributed by atoms with Gasteiger partial charge in [-0.05, 0) is 42.0 Å². The molecule has 3 aromatic carbocycles. The predicted molar refractivity (Wildman–Crippen MR) is 111 cm³/mol. The van der Waals surface area contributed by atoms with Gasteiger partial charge in [0.15, 0.2) is 0 Å². The van der Waals surface area contributed by atoms with Gasteiger partial charge in [-0.3, -0.25) is 0 Å². The quantitative estimate of drug-likeness (QED) is 0.407. The van der Waals surface area contributed by atoms with Crippen molar-refractivity contribution in [2.75, 3.05) is 6.61 Å². The van der Waals surface area contributed by atoms with Crippen molar-refractivity contribution in [1.82, 2.24) is 0 Å². The molecule has 0 amide bonds. The zero-order valence-corrected chi connectivity index (χ0v) is 16.2. The molecule has 0 fully saturated rings. The number of benzene rings is 3. The van der Waals surface area contributed by atoms with Crippen LogP contribution in [0, 0.1) is 11.6 Å². The normalized spacial score (nSPS) is 12.3. The highest BCUT2D eigenvalue weighted by molar-refractivity contribution is 5.70. The Morgan fingerprint density at radius 2 is 1.54 bits per heavy atom. The van der Waals surface area contributed by atoms with Crippen molar-refractivity contribution in [2.24, 2.45) is 0 Å². The van der Waals surface area contributed by atoms with Crippen molar-refractivity contribution in [3.63, 3.8) is 0 Å². The van der Waals surface area contributed by atoms with Crippen LogP contribution in [0.5, 0.6) is 5.75 Å². The van der Waals surface area contributed by atoms with E-state index in [0.717, 1.165) is 12.0 Å². The number of hydrogen-bond acceptors (Lipinski definition) is 1. The highest BCUT2D eigenvalue weighted by Gasteiger charge is 2.09. The molecule has 1 atom stereocenters. The minimum atomic E-state index is -0.631. The minimum Gasteiger partial charge on any atom is -0.494 e. The van der Waals surface area contributed by atoms with Crippen LogP contribution in [-0.2, 0) is 6.42 Å². The van der Waals surface area contributed by atoms with E-state index in [0.29, 0.717) is 12.5 Å². The SMILES string of the molecule is CCOc1cc(F)c(/C=C/c2ccc(CC(C)c3ccccc3)cc2)c(F)c1. The summed E-state index contributed by atoms with van der Waals surface area (Å²) in [5.74, 6) is -0.637. The maximum atomic E-state index is 14.1. The van der Waals surface area contributed by atoms with E-state index in [1.165, 1.54) is 29.3 Å². The van der Waals surface area contributed by atoms with Crippen LogP contribution in [0.4, 0.5) is 8.78 Å². The molecule has 3 rings (SSSR count). The van der Waals surface area contributed by atoms with Gasteiger partial charge < -0.3 is 4.74 Å². The molecule has 1 nitrogen and oxygen atoms in total. The van der Waals surface area contributed by atoms with Gasteiger partial charge in [-0.2, -0.15) is 0 Å². The van der Waals surface area contributed by atoms with E-state index in [2.05, 4.69) is 43.3 Å². The largest absolute Gasteiger partial charge is 0.494 e. The lowest BCUT2D eigenvalue weighted by Gasteiger charge is -2.12. The van der Waals surface area contributed by atoms with Gasteiger partial charge in [0, 0.05) is 17.7 Å². The molecule has 0 bridgehead atoms. The fourth-order valence-corrected chi connectivity index (χ4v) is 3.17. The third-order valence-electron chi connectivity index (χ3n) is 4.70. The fourth-order valence-electron chi connectivity index (χ4n) is 3.17. The van der Waals surface area contributed by atoms with E-state index in [1.54, 1.807) is 13.0 Å². The maximum absolute atomic E-state index is 14.1. The molecule has 3 heteroatoms. The van der Waals surface area contributed by atoms with Crippen molar-refractivity contribution < 1.29 is 13.5 Å². The van der Waals surface area contributed by atoms with E-state index in [1.807, 2.05) is 18.2 Å². The predicted octanol–water partition coefficient (Wildman–Crippen LogP) is 6.88. The lowest BCUT2D eigenvalue weighted by molar-refractivity contribution is 0.335. The van der Waals surface area contributed by atoms with E-state index in [-0.39, 0.29) is 11.3 Å². The first-order valence-electron chi connectivity index (χ1n) is 9.50. The molecular formula is C25H24F2O. The van der Waals surface area contributed by atoms with Gasteiger partial charge >= 0.3 is 0 Å². The van der Waals surface area contributed by atoms with Crippen molar-refractivity contribution in [2.45, 2.75) is 26.2 Å². The summed E-state index contributed by atoms with van der Waals surface area (Å²) in [5.41, 5.74) is 3.37. The molecular weight excluding hydrogens is 354 g/mol. The average Bonchev–Trinajstić information content (AvgIpc) is 2.69. The summed E-state index contributed by atoms with van der Waals surface area (Å²) in [4.78, 5) is 0. The van der Waals surface area contributed by atoms with E-state index in [9.17, 15) is 8.78 Å². The Hall–Kier alpha value is -2.94. The molecule has 0 saturated carbocycles. The van der Waals surface area contributed by atoms with Gasteiger partial charge in [-0.1, -0.05) is 67.6 Å². The molecule has 0 spiro atoms. The Morgan fingerprint density at radius 3 is 2.14 bits per heavy atom. The molecule has 144 valence electrons. The summed E-state index contributed by atoms with van der Waals surface area (Å²) in [6, 6.07) is 20.9. The molecule has 0 N–H and O–H groups in total. The van der Waals surface area contributed by atoms with Gasteiger partial charge in [-0.25, -0.2) is 8.78 Å². The first-order chi connectivity index (χ1) is 13.6. The number of hydrogen-bond donors (Lipinski definition) is 0. The summed E-state index contributed by atoms with van der Waals surface area (Å²) < 4.78 is 33.4. The van der Waals surface area contributed by atoms with Crippen LogP contribution in [0.3, 0.4) is 0 Å². The van der Waals surface area contributed by atoms with Crippen LogP contribution >= 0.6 is 0 Å². The molecule has 0 aliphatic carbocycles. The first-order valence-corrected chi connectivity index (χ1v) is 9.50. The zero-order valence-electron chi connectivity index (χ0n) is 16.2. The molecule has 0 saturated heterocycles. The highest BCUT2D eigenvalue weighted by atomic mass is 19.1. The second-order valence-corrected chi connectivity index (χ2v) is 6.82. The Balaban J connectivity index is 1.69. The van der Waals surface area contributed by atoms with Crippen LogP contribution in [-0.4, -0.2) is 6.61 Å². The Labute approximate surface area is 165 Å². The molecule has 0 radical (unpaired) electrons. The van der Waals surface area contributed by atoms with Crippen LogP contribution < -0.4 is 4.74 Å². The van der Waals surface area contributed by atoms with Crippen LogP contribution in [0.25, 0.3) is 12.2 Å². The smallest absolute Gasteiger partial charge is 0.137 e. The van der Waals surface area contributed by atoms with Crippen molar-refractivity contribution in [3.8, 4) is 5.75 Å². The van der Waals surface area contributed by atoms with Crippen molar-refractivity contribution in [1.29, 1.82) is 0 Å². The van der Waals surface area contributed by atoms with Crippen molar-refractivity contribution >= 4 is 12.2 Å². The molecule has 0 heterocycles. The topological polar surface area (TPSA) is 9.23 Å². The summed E-state index contributed by atoms with van der Waals surface area (Å²) in [6.07, 6.45) is 4.12. The number of rotatable bonds is 7. The van der Waals surface area contributed by atoms with Gasteiger partial charge in [0.2, 0.25) is 0 Å². The van der Waals surface area contributed by atoms with E-state index < -0.39 is 11.6 Å². The summed E-state index contributed by atoms with van der Waals surface area (Å²) in [5, 5.41) is 0. The summed E-state index contributed by atoms with van der Waals surface area (Å²) in [6.45, 7) is 4.35. The zero-order chi connectivity index (χ0) is 19.9. The summed E-state index contributed by atoms with van der Waals surface area (Å²) >= 11 is 0. The number of ether oxygens (including phenoxy) is 1. The molecule has 3 aromatic rings. The minimum absolute atomic E-state index is 0.0646. The van der Waals surface area contributed by atoms with Crippen molar-refractivity contribution in [3.05, 3.63) is 101 Å². The Kier molecular flexibility index (Phi) is 6.59. The second kappa shape index (κ2) is 9.32. The lowest BCUT2D eigenvalue weighted by Crippen LogP contribution is -1.98. The van der Waals surface area contributed by atoms with Crippen LogP contribution in [0.15, 0.2) is 66.7 Å². The first kappa shape index (κ1) is 19.8. The lowest BCUT2D eigenvalue weighted by atomic mass is 9.93. The fraction of sp³-hybridized carbons (Fsp3) is 0.200. The maximum Gasteiger partial charge on any atom is 0.137 e. The monoisotopic (exact) mass is 378 g/mol. The third-order valence-corrected chi connectivity index (χ3v) is 4.70. The van der Waals surface area contributed by atoms with Crippen LogP contribution in [0.2, 0.25) is 0 Å². The molecule has 28 heavy (non-hydrogen) atoms. The highest BCUT2D eigenvalue weighted by Crippen LogP contribution is 2.24. The Bertz CT molecular complexity index is 908. The standard InChI is InChI=1S/C25H24F2O/c1-3-28-22-16-24(26)23(25(27)17-22)14-13-19-9-11-20(12-10-19)15-18(2)21-7-5-4-6-8-21/h4-14,16-18H,3,15H2,1-2H3/b14-13+. The second-order valence-electron chi connectivity index (χ2n) is 6.82. The van der Waals surface area contributed by atoms with Gasteiger partial charge in [0.1, 0.15) is 17.4 Å². The summed E-state index contributed by atoms with van der Waals surface area (Å²) in [7, 11) is 0. The molecule has 0 aliphatic heterocycles. The van der Waals surface area contributed by atoms with E-state index in [4.69, 9.17) is 4.74 Å². The third kappa shape index (κ3) is 5.07. The average molecular weight is 378 g/mol. The molecule has 0 aliphatic rings.